The first-order valence-electron chi connectivity index (χ1n) is 11.0. The van der Waals surface area contributed by atoms with Crippen LogP contribution in [0.4, 0.5) is 22.9 Å². The lowest BCUT2D eigenvalue weighted by molar-refractivity contribution is 0.00678. The number of carbonyl (C=O) groups excluding carboxylic acids is 1. The maximum absolute atomic E-state index is 13.1. The van der Waals surface area contributed by atoms with Gasteiger partial charge < -0.3 is 30.9 Å². The number of pyridine rings is 3. The molecule has 1 amide bonds. The second-order valence-corrected chi connectivity index (χ2v) is 8.08. The van der Waals surface area contributed by atoms with Gasteiger partial charge in [-0.05, 0) is 37.1 Å². The fourth-order valence-corrected chi connectivity index (χ4v) is 3.98. The van der Waals surface area contributed by atoms with Crippen molar-refractivity contribution in [3.8, 4) is 5.82 Å². The van der Waals surface area contributed by atoms with Crippen molar-refractivity contribution in [3.63, 3.8) is 0 Å². The van der Waals surface area contributed by atoms with Gasteiger partial charge in [0.2, 0.25) is 5.76 Å². The minimum atomic E-state index is -0.432. The average molecular weight is 476 g/mol. The van der Waals surface area contributed by atoms with Gasteiger partial charge >= 0.3 is 0 Å². The van der Waals surface area contributed by atoms with Crippen LogP contribution in [0.25, 0.3) is 16.9 Å². The topological polar surface area (TPSA) is 162 Å². The number of nitrogens with one attached hydrogen (secondary N) is 3. The highest BCUT2D eigenvalue weighted by atomic mass is 16.5. The maximum atomic E-state index is 13.1. The first-order valence-corrected chi connectivity index (χ1v) is 11.0. The van der Waals surface area contributed by atoms with E-state index in [1.807, 2.05) is 0 Å². The maximum Gasteiger partial charge on any atom is 0.292 e. The number of amides is 1. The molecule has 0 saturated heterocycles. The smallest absolute Gasteiger partial charge is 0.292 e. The first-order chi connectivity index (χ1) is 17.0. The molecule has 0 spiro atoms. The monoisotopic (exact) mass is 476 g/mol. The second kappa shape index (κ2) is 9.06. The highest BCUT2D eigenvalue weighted by Gasteiger charge is 2.34. The van der Waals surface area contributed by atoms with Crippen LogP contribution in [-0.4, -0.2) is 51.9 Å². The van der Waals surface area contributed by atoms with E-state index in [4.69, 9.17) is 15.0 Å². The number of nitrogen functional groups attached to an aromatic ring is 1. The average Bonchev–Trinajstić information content (AvgIpc) is 3.27. The lowest BCUT2D eigenvalue weighted by atomic mass is 9.89. The molecule has 12 nitrogen and oxygen atoms in total. The predicted molar refractivity (Wildman–Crippen MR) is 130 cm³/mol. The van der Waals surface area contributed by atoms with Gasteiger partial charge in [0.05, 0.1) is 23.5 Å². The molecule has 0 unspecified atom stereocenters. The number of nitrogens with two attached hydrogens (primary N) is 1. The number of aromatic nitrogens is 4. The number of rotatable bonds is 7. The van der Waals surface area contributed by atoms with Crippen LogP contribution in [0.2, 0.25) is 0 Å². The SMILES string of the molecule is CNc1cc(Nc2cccn(-c3ncccc3N)c2=O)nc2c(C(=O)N[C@@H]3CC[C@H]3OC)onc12. The van der Waals surface area contributed by atoms with Crippen molar-refractivity contribution in [2.24, 2.45) is 0 Å². The highest BCUT2D eigenvalue weighted by Crippen LogP contribution is 2.29. The van der Waals surface area contributed by atoms with Crippen molar-refractivity contribution < 1.29 is 14.1 Å². The van der Waals surface area contributed by atoms with Gasteiger partial charge in [-0.2, -0.15) is 0 Å². The normalized spacial score (nSPS) is 17.1. The molecule has 4 heterocycles. The number of nitrogens with zero attached hydrogens (tertiary/aromatic N) is 4. The molecule has 1 aliphatic rings. The van der Waals surface area contributed by atoms with Crippen LogP contribution in [0.15, 0.2) is 52.0 Å². The minimum Gasteiger partial charge on any atom is -0.396 e. The van der Waals surface area contributed by atoms with Crippen molar-refractivity contribution in [1.29, 1.82) is 0 Å². The van der Waals surface area contributed by atoms with E-state index in [1.54, 1.807) is 56.9 Å². The van der Waals surface area contributed by atoms with Gasteiger partial charge in [-0.15, -0.1) is 0 Å². The molecule has 4 aromatic heterocycles. The van der Waals surface area contributed by atoms with Crippen LogP contribution in [0.1, 0.15) is 23.4 Å². The summed E-state index contributed by atoms with van der Waals surface area (Å²) < 4.78 is 12.0. The molecule has 0 radical (unpaired) electrons. The third kappa shape index (κ3) is 4.04. The highest BCUT2D eigenvalue weighted by molar-refractivity contribution is 6.05. The summed E-state index contributed by atoms with van der Waals surface area (Å²) >= 11 is 0. The standard InChI is InChI=1S/C23H24N8O4/c1-25-15-11-17(27-14-6-4-10-31(23(14)33)21-12(24)5-3-9-26-21)29-19-18(15)30-35-20(19)22(32)28-13-7-8-16(13)34-2/h3-6,9-11,13,16,25H,7-8,24H2,1-2H3,(H,27,29)(H,28,32)/t13-,16-/m1/s1. The molecule has 12 heteroatoms. The molecule has 0 bridgehead atoms. The van der Waals surface area contributed by atoms with Crippen molar-refractivity contribution >= 4 is 39.8 Å². The van der Waals surface area contributed by atoms with Crippen molar-refractivity contribution in [3.05, 3.63) is 58.8 Å². The molecule has 1 aliphatic carbocycles. The van der Waals surface area contributed by atoms with Gasteiger partial charge in [0.1, 0.15) is 17.0 Å². The number of carbonyl (C=O) groups is 1. The molecule has 2 atom stereocenters. The Morgan fingerprint density at radius 3 is 2.80 bits per heavy atom. The second-order valence-electron chi connectivity index (χ2n) is 8.08. The molecule has 4 aromatic rings. The van der Waals surface area contributed by atoms with Crippen LogP contribution in [0.5, 0.6) is 0 Å². The zero-order chi connectivity index (χ0) is 24.5. The van der Waals surface area contributed by atoms with Crippen LogP contribution in [-0.2, 0) is 4.74 Å². The Labute approximate surface area is 199 Å². The first kappa shape index (κ1) is 22.3. The summed E-state index contributed by atoms with van der Waals surface area (Å²) in [5, 5.41) is 13.0. The minimum absolute atomic E-state index is 0.0198. The molecule has 5 N–H and O–H groups in total. The van der Waals surface area contributed by atoms with E-state index in [2.05, 4.69) is 31.1 Å². The quantitative estimate of drug-likeness (QED) is 0.310. The molecule has 1 saturated carbocycles. The van der Waals surface area contributed by atoms with E-state index in [9.17, 15) is 9.59 Å². The number of hydrogen-bond donors (Lipinski definition) is 4. The van der Waals surface area contributed by atoms with E-state index < -0.39 is 5.91 Å². The molecular formula is C23H24N8O4. The summed E-state index contributed by atoms with van der Waals surface area (Å²) in [6.45, 7) is 0. The third-order valence-corrected chi connectivity index (χ3v) is 6.00. The number of fused-ring (bicyclic) bond motifs is 1. The Kier molecular flexibility index (Phi) is 5.79. The predicted octanol–water partition coefficient (Wildman–Crippen LogP) is 2.04. The van der Waals surface area contributed by atoms with Crippen molar-refractivity contribution in [2.45, 2.75) is 25.0 Å². The lowest BCUT2D eigenvalue weighted by Gasteiger charge is -2.35. The van der Waals surface area contributed by atoms with Crippen LogP contribution >= 0.6 is 0 Å². The fourth-order valence-electron chi connectivity index (χ4n) is 3.98. The van der Waals surface area contributed by atoms with Gasteiger partial charge in [-0.1, -0.05) is 5.16 Å². The molecule has 180 valence electrons. The van der Waals surface area contributed by atoms with Gasteiger partial charge in [0.25, 0.3) is 11.5 Å². The number of hydrogen-bond acceptors (Lipinski definition) is 10. The summed E-state index contributed by atoms with van der Waals surface area (Å²) in [6, 6.07) is 8.24. The lowest BCUT2D eigenvalue weighted by Crippen LogP contribution is -2.51. The van der Waals surface area contributed by atoms with Crippen molar-refractivity contribution in [1.82, 2.24) is 25.0 Å². The Bertz CT molecular complexity index is 1460. The van der Waals surface area contributed by atoms with Gasteiger partial charge in [0, 0.05) is 32.6 Å². The number of methoxy groups -OCH3 is 1. The Balaban J connectivity index is 1.49. The van der Waals surface area contributed by atoms with Gasteiger partial charge in [0.15, 0.2) is 11.3 Å². The summed E-state index contributed by atoms with van der Waals surface area (Å²) in [6.07, 6.45) is 4.81. The number of anilines is 4. The summed E-state index contributed by atoms with van der Waals surface area (Å²) in [5.74, 6) is 0.192. The number of ether oxygens (including phenoxy) is 1. The van der Waals surface area contributed by atoms with E-state index >= 15 is 0 Å². The Morgan fingerprint density at radius 2 is 2.09 bits per heavy atom. The van der Waals surface area contributed by atoms with E-state index in [1.165, 1.54) is 4.57 Å². The van der Waals surface area contributed by atoms with Crippen LogP contribution in [0, 0.1) is 0 Å². The molecule has 35 heavy (non-hydrogen) atoms. The zero-order valence-corrected chi connectivity index (χ0v) is 19.1. The van der Waals surface area contributed by atoms with E-state index in [-0.39, 0.29) is 34.7 Å². The Hall–Kier alpha value is -4.45. The summed E-state index contributed by atoms with van der Waals surface area (Å²) in [5.41, 5.74) is 7.46. The van der Waals surface area contributed by atoms with E-state index in [0.717, 1.165) is 12.8 Å². The van der Waals surface area contributed by atoms with E-state index in [0.29, 0.717) is 28.5 Å². The molecule has 1 fully saturated rings. The van der Waals surface area contributed by atoms with Gasteiger partial charge in [-0.25, -0.2) is 9.97 Å². The molecule has 0 aromatic carbocycles. The zero-order valence-electron chi connectivity index (χ0n) is 19.1. The van der Waals surface area contributed by atoms with Crippen LogP contribution < -0.4 is 27.2 Å². The Morgan fingerprint density at radius 1 is 1.23 bits per heavy atom. The van der Waals surface area contributed by atoms with Crippen LogP contribution in [0.3, 0.4) is 0 Å². The largest absolute Gasteiger partial charge is 0.396 e. The summed E-state index contributed by atoms with van der Waals surface area (Å²) in [7, 11) is 3.33. The summed E-state index contributed by atoms with van der Waals surface area (Å²) in [4.78, 5) is 34.8. The third-order valence-electron chi connectivity index (χ3n) is 6.00. The fraction of sp³-hybridized carbons (Fsp3) is 0.261. The molecular weight excluding hydrogens is 452 g/mol. The molecule has 5 rings (SSSR count). The molecule has 0 aliphatic heterocycles. The van der Waals surface area contributed by atoms with Gasteiger partial charge in [-0.3, -0.25) is 14.2 Å². The van der Waals surface area contributed by atoms with Crippen molar-refractivity contribution in [2.75, 3.05) is 30.5 Å².